The Labute approximate surface area is 140 Å². The second-order valence-electron chi connectivity index (χ2n) is 4.96. The van der Waals surface area contributed by atoms with Gasteiger partial charge in [0.05, 0.1) is 25.9 Å². The molecule has 1 N–H and O–H groups in total. The van der Waals surface area contributed by atoms with Gasteiger partial charge in [-0.2, -0.15) is 5.26 Å². The van der Waals surface area contributed by atoms with Crippen LogP contribution in [-0.4, -0.2) is 26.2 Å². The van der Waals surface area contributed by atoms with E-state index in [-0.39, 0.29) is 5.91 Å². The molecule has 0 aliphatic carbocycles. The van der Waals surface area contributed by atoms with Gasteiger partial charge in [0.2, 0.25) is 0 Å². The summed E-state index contributed by atoms with van der Waals surface area (Å²) in [5.74, 6) is 1.13. The van der Waals surface area contributed by atoms with E-state index in [1.807, 2.05) is 6.07 Å². The van der Waals surface area contributed by atoms with E-state index in [0.717, 1.165) is 0 Å². The standard InChI is InChI=1S/C18H18N2O4/c1-12(18(21)20-14-5-4-6-15(10-14)22-2)24-16-8-7-13(11-19)9-17(16)23-3/h4-10,12H,1-3H3,(H,20,21)/t12-/m0/s1. The van der Waals surface area contributed by atoms with E-state index in [9.17, 15) is 4.79 Å². The first-order valence-corrected chi connectivity index (χ1v) is 7.27. The fraction of sp³-hybridized carbons (Fsp3) is 0.222. The van der Waals surface area contributed by atoms with Crippen LogP contribution in [0.1, 0.15) is 12.5 Å². The molecule has 0 fully saturated rings. The van der Waals surface area contributed by atoms with E-state index < -0.39 is 6.10 Å². The summed E-state index contributed by atoms with van der Waals surface area (Å²) >= 11 is 0. The largest absolute Gasteiger partial charge is 0.497 e. The number of amides is 1. The summed E-state index contributed by atoms with van der Waals surface area (Å²) in [5.41, 5.74) is 1.06. The minimum atomic E-state index is -0.752. The predicted octanol–water partition coefficient (Wildman–Crippen LogP) is 2.98. The van der Waals surface area contributed by atoms with Crippen LogP contribution in [0.2, 0.25) is 0 Å². The number of anilines is 1. The molecule has 0 unspecified atom stereocenters. The lowest BCUT2D eigenvalue weighted by atomic mass is 10.2. The molecule has 0 bridgehead atoms. The molecule has 0 aromatic heterocycles. The van der Waals surface area contributed by atoms with Gasteiger partial charge in [0.1, 0.15) is 5.75 Å². The fourth-order valence-electron chi connectivity index (χ4n) is 2.02. The highest BCUT2D eigenvalue weighted by atomic mass is 16.5. The number of ether oxygens (including phenoxy) is 3. The maximum Gasteiger partial charge on any atom is 0.265 e. The summed E-state index contributed by atoms with van der Waals surface area (Å²) in [6.45, 7) is 1.63. The summed E-state index contributed by atoms with van der Waals surface area (Å²) < 4.78 is 16.0. The van der Waals surface area contributed by atoms with Crippen molar-refractivity contribution in [1.29, 1.82) is 5.26 Å². The molecule has 2 rings (SSSR count). The molecule has 2 aromatic carbocycles. The fourth-order valence-corrected chi connectivity index (χ4v) is 2.02. The average Bonchev–Trinajstić information content (AvgIpc) is 2.62. The van der Waals surface area contributed by atoms with Crippen molar-refractivity contribution in [3.05, 3.63) is 48.0 Å². The van der Waals surface area contributed by atoms with Gasteiger partial charge in [-0.1, -0.05) is 6.07 Å². The van der Waals surface area contributed by atoms with Gasteiger partial charge in [-0.3, -0.25) is 4.79 Å². The highest BCUT2D eigenvalue weighted by Gasteiger charge is 2.17. The van der Waals surface area contributed by atoms with Crippen molar-refractivity contribution in [2.24, 2.45) is 0 Å². The Morgan fingerprint density at radius 3 is 2.58 bits per heavy atom. The maximum absolute atomic E-state index is 12.3. The predicted molar refractivity (Wildman–Crippen MR) is 89.4 cm³/mol. The summed E-state index contributed by atoms with van der Waals surface area (Å²) in [7, 11) is 3.04. The van der Waals surface area contributed by atoms with Crippen LogP contribution in [0.5, 0.6) is 17.2 Å². The summed E-state index contributed by atoms with van der Waals surface area (Å²) in [6.07, 6.45) is -0.752. The van der Waals surface area contributed by atoms with E-state index in [0.29, 0.717) is 28.5 Å². The molecule has 1 amide bonds. The first-order chi connectivity index (χ1) is 11.6. The summed E-state index contributed by atoms with van der Waals surface area (Å²) in [6, 6.07) is 13.8. The van der Waals surface area contributed by atoms with Crippen molar-refractivity contribution in [1.82, 2.24) is 0 Å². The Balaban J connectivity index is 2.07. The Kier molecular flexibility index (Phi) is 5.63. The van der Waals surface area contributed by atoms with E-state index in [1.165, 1.54) is 7.11 Å². The number of carbonyl (C=O) groups is 1. The number of nitrogens with zero attached hydrogens (tertiary/aromatic N) is 1. The van der Waals surface area contributed by atoms with Crippen molar-refractivity contribution in [2.75, 3.05) is 19.5 Å². The SMILES string of the molecule is COc1cccc(NC(=O)[C@H](C)Oc2ccc(C#N)cc2OC)c1. The summed E-state index contributed by atoms with van der Waals surface area (Å²) in [5, 5.41) is 11.7. The molecule has 0 radical (unpaired) electrons. The zero-order chi connectivity index (χ0) is 17.5. The van der Waals surface area contributed by atoms with Crippen LogP contribution in [-0.2, 0) is 4.79 Å². The number of nitrogens with one attached hydrogen (secondary N) is 1. The minimum Gasteiger partial charge on any atom is -0.497 e. The van der Waals surface area contributed by atoms with Crippen LogP contribution < -0.4 is 19.5 Å². The summed E-state index contributed by atoms with van der Waals surface area (Å²) in [4.78, 5) is 12.3. The van der Waals surface area contributed by atoms with Crippen LogP contribution in [0.15, 0.2) is 42.5 Å². The molecule has 0 aliphatic heterocycles. The highest BCUT2D eigenvalue weighted by Crippen LogP contribution is 2.29. The molecular weight excluding hydrogens is 308 g/mol. The smallest absolute Gasteiger partial charge is 0.265 e. The van der Waals surface area contributed by atoms with Gasteiger partial charge in [0.15, 0.2) is 17.6 Å². The first kappa shape index (κ1) is 17.2. The Hall–Kier alpha value is -3.20. The number of nitriles is 1. The van der Waals surface area contributed by atoms with Gasteiger partial charge in [-0.05, 0) is 31.2 Å². The van der Waals surface area contributed by atoms with Crippen LogP contribution >= 0.6 is 0 Å². The molecule has 0 saturated carbocycles. The maximum atomic E-state index is 12.3. The molecule has 24 heavy (non-hydrogen) atoms. The third-order valence-electron chi connectivity index (χ3n) is 3.30. The van der Waals surface area contributed by atoms with Crippen LogP contribution in [0.4, 0.5) is 5.69 Å². The second kappa shape index (κ2) is 7.88. The molecule has 0 spiro atoms. The van der Waals surface area contributed by atoms with E-state index in [1.54, 1.807) is 56.5 Å². The van der Waals surface area contributed by atoms with Crippen LogP contribution in [0.25, 0.3) is 0 Å². The topological polar surface area (TPSA) is 80.6 Å². The van der Waals surface area contributed by atoms with Crippen LogP contribution in [0.3, 0.4) is 0 Å². The molecule has 6 nitrogen and oxygen atoms in total. The Bertz CT molecular complexity index is 768. The zero-order valence-electron chi connectivity index (χ0n) is 13.7. The quantitative estimate of drug-likeness (QED) is 0.882. The lowest BCUT2D eigenvalue weighted by Crippen LogP contribution is -2.30. The molecule has 1 atom stereocenters. The van der Waals surface area contributed by atoms with E-state index >= 15 is 0 Å². The zero-order valence-corrected chi connectivity index (χ0v) is 13.7. The number of methoxy groups -OCH3 is 2. The monoisotopic (exact) mass is 326 g/mol. The molecule has 2 aromatic rings. The van der Waals surface area contributed by atoms with Gasteiger partial charge in [0, 0.05) is 17.8 Å². The molecule has 124 valence electrons. The molecule has 6 heteroatoms. The molecule has 0 saturated heterocycles. The van der Waals surface area contributed by atoms with Crippen molar-refractivity contribution >= 4 is 11.6 Å². The third kappa shape index (κ3) is 4.17. The second-order valence-corrected chi connectivity index (χ2v) is 4.96. The normalized spacial score (nSPS) is 11.1. The van der Waals surface area contributed by atoms with Crippen molar-refractivity contribution in [3.8, 4) is 23.3 Å². The number of carbonyl (C=O) groups excluding carboxylic acids is 1. The molecular formula is C18H18N2O4. The third-order valence-corrected chi connectivity index (χ3v) is 3.30. The van der Waals surface area contributed by atoms with Crippen molar-refractivity contribution < 1.29 is 19.0 Å². The van der Waals surface area contributed by atoms with Gasteiger partial charge in [-0.25, -0.2) is 0 Å². The molecule has 0 heterocycles. The minimum absolute atomic E-state index is 0.310. The lowest BCUT2D eigenvalue weighted by molar-refractivity contribution is -0.122. The molecule has 0 aliphatic rings. The Morgan fingerprint density at radius 2 is 1.92 bits per heavy atom. The van der Waals surface area contributed by atoms with Crippen molar-refractivity contribution in [3.63, 3.8) is 0 Å². The average molecular weight is 326 g/mol. The van der Waals surface area contributed by atoms with Gasteiger partial charge >= 0.3 is 0 Å². The van der Waals surface area contributed by atoms with Gasteiger partial charge in [-0.15, -0.1) is 0 Å². The van der Waals surface area contributed by atoms with E-state index in [2.05, 4.69) is 5.32 Å². The Morgan fingerprint density at radius 1 is 1.12 bits per heavy atom. The first-order valence-electron chi connectivity index (χ1n) is 7.27. The highest BCUT2D eigenvalue weighted by molar-refractivity contribution is 5.94. The van der Waals surface area contributed by atoms with Crippen molar-refractivity contribution in [2.45, 2.75) is 13.0 Å². The number of hydrogen-bond donors (Lipinski definition) is 1. The van der Waals surface area contributed by atoms with Gasteiger partial charge < -0.3 is 19.5 Å². The van der Waals surface area contributed by atoms with E-state index in [4.69, 9.17) is 19.5 Å². The van der Waals surface area contributed by atoms with Gasteiger partial charge in [0.25, 0.3) is 5.91 Å². The number of benzene rings is 2. The number of hydrogen-bond acceptors (Lipinski definition) is 5. The lowest BCUT2D eigenvalue weighted by Gasteiger charge is -2.17. The van der Waals surface area contributed by atoms with Crippen LogP contribution in [0, 0.1) is 11.3 Å². The number of rotatable bonds is 6.